The molecule has 0 aliphatic heterocycles. The van der Waals surface area contributed by atoms with Gasteiger partial charge in [-0.3, -0.25) is 0 Å². The van der Waals surface area contributed by atoms with E-state index in [1.807, 2.05) is 18.3 Å². The minimum absolute atomic E-state index is 0.0393. The van der Waals surface area contributed by atoms with Crippen molar-refractivity contribution < 1.29 is 13.2 Å². The molecular formula is C13H14BrNO3S. The molecule has 0 spiro atoms. The summed E-state index contributed by atoms with van der Waals surface area (Å²) in [5.74, 6) is 0.381. The van der Waals surface area contributed by atoms with Crippen molar-refractivity contribution in [1.82, 2.24) is 4.98 Å². The average Bonchev–Trinajstić information content (AvgIpc) is 2.92. The lowest BCUT2D eigenvalue weighted by molar-refractivity contribution is 0.400. The van der Waals surface area contributed by atoms with E-state index < -0.39 is 9.84 Å². The number of ether oxygens (including phenoxy) is 1. The second-order valence-electron chi connectivity index (χ2n) is 3.95. The number of H-pyrrole nitrogens is 1. The first-order valence-corrected chi connectivity index (χ1v) is 8.18. The molecule has 0 radical (unpaired) electrons. The Labute approximate surface area is 120 Å². The Hall–Kier alpha value is -1.27. The first kappa shape index (κ1) is 14.1. The normalized spacial score (nSPS) is 11.5. The van der Waals surface area contributed by atoms with Gasteiger partial charge >= 0.3 is 0 Å². The zero-order valence-corrected chi connectivity index (χ0v) is 13.0. The van der Waals surface area contributed by atoms with E-state index in [1.165, 1.54) is 7.11 Å². The molecule has 0 amide bonds. The lowest BCUT2D eigenvalue weighted by Crippen LogP contribution is -2.06. The van der Waals surface area contributed by atoms with Gasteiger partial charge < -0.3 is 9.72 Å². The SMILES string of the molecule is CCS(=O)(=O)c1ccc(-c2ccc[nH]2)c(Br)c1OC. The number of benzene rings is 1. The van der Waals surface area contributed by atoms with Gasteiger partial charge in [0.25, 0.3) is 0 Å². The summed E-state index contributed by atoms with van der Waals surface area (Å²) in [6.07, 6.45) is 1.81. The molecule has 0 aliphatic carbocycles. The molecular weight excluding hydrogens is 330 g/mol. The van der Waals surface area contributed by atoms with Crippen LogP contribution in [0, 0.1) is 0 Å². The number of aromatic amines is 1. The summed E-state index contributed by atoms with van der Waals surface area (Å²) in [7, 11) is -1.85. The summed E-state index contributed by atoms with van der Waals surface area (Å²) in [4.78, 5) is 3.29. The highest BCUT2D eigenvalue weighted by molar-refractivity contribution is 9.10. The lowest BCUT2D eigenvalue weighted by Gasteiger charge is -2.13. The minimum Gasteiger partial charge on any atom is -0.494 e. The molecule has 0 atom stereocenters. The summed E-state index contributed by atoms with van der Waals surface area (Å²) in [6.45, 7) is 1.61. The van der Waals surface area contributed by atoms with Gasteiger partial charge in [-0.25, -0.2) is 8.42 Å². The van der Waals surface area contributed by atoms with Crippen molar-refractivity contribution in [3.63, 3.8) is 0 Å². The molecule has 1 N–H and O–H groups in total. The van der Waals surface area contributed by atoms with Gasteiger partial charge in [0.2, 0.25) is 0 Å². The van der Waals surface area contributed by atoms with Crippen LogP contribution in [0.1, 0.15) is 6.92 Å². The average molecular weight is 344 g/mol. The fourth-order valence-corrected chi connectivity index (χ4v) is 3.74. The molecule has 2 aromatic rings. The van der Waals surface area contributed by atoms with Crippen LogP contribution in [0.4, 0.5) is 0 Å². The van der Waals surface area contributed by atoms with E-state index in [0.29, 0.717) is 10.2 Å². The van der Waals surface area contributed by atoms with Crippen LogP contribution in [0.3, 0.4) is 0 Å². The lowest BCUT2D eigenvalue weighted by atomic mass is 10.1. The highest BCUT2D eigenvalue weighted by Crippen LogP contribution is 2.39. The second-order valence-corrected chi connectivity index (χ2v) is 6.99. The summed E-state index contributed by atoms with van der Waals surface area (Å²) < 4.78 is 29.9. The van der Waals surface area contributed by atoms with Gasteiger partial charge in [-0.05, 0) is 34.1 Å². The van der Waals surface area contributed by atoms with Gasteiger partial charge in [-0.15, -0.1) is 0 Å². The van der Waals surface area contributed by atoms with Crippen LogP contribution in [0.2, 0.25) is 0 Å². The number of nitrogens with one attached hydrogen (secondary N) is 1. The van der Waals surface area contributed by atoms with Crippen LogP contribution in [-0.4, -0.2) is 26.3 Å². The van der Waals surface area contributed by atoms with E-state index in [1.54, 1.807) is 19.1 Å². The van der Waals surface area contributed by atoms with Gasteiger partial charge in [0.15, 0.2) is 15.6 Å². The van der Waals surface area contributed by atoms with Gasteiger partial charge in [-0.2, -0.15) is 0 Å². The second kappa shape index (κ2) is 5.38. The number of hydrogen-bond donors (Lipinski definition) is 1. The molecule has 0 saturated heterocycles. The van der Waals surface area contributed by atoms with E-state index in [0.717, 1.165) is 11.3 Å². The molecule has 2 rings (SSSR count). The highest BCUT2D eigenvalue weighted by Gasteiger charge is 2.22. The van der Waals surface area contributed by atoms with Crippen LogP contribution < -0.4 is 4.74 Å². The van der Waals surface area contributed by atoms with Gasteiger partial charge in [0.05, 0.1) is 17.3 Å². The molecule has 0 saturated carbocycles. The molecule has 1 aromatic heterocycles. The first-order chi connectivity index (χ1) is 9.01. The maximum absolute atomic E-state index is 12.0. The van der Waals surface area contributed by atoms with Gasteiger partial charge in [0, 0.05) is 17.5 Å². The van der Waals surface area contributed by atoms with E-state index in [-0.39, 0.29) is 10.6 Å². The van der Waals surface area contributed by atoms with E-state index >= 15 is 0 Å². The molecule has 0 unspecified atom stereocenters. The molecule has 4 nitrogen and oxygen atoms in total. The van der Waals surface area contributed by atoms with E-state index in [4.69, 9.17) is 4.74 Å². The molecule has 1 aromatic carbocycles. The van der Waals surface area contributed by atoms with Crippen molar-refractivity contribution in [3.8, 4) is 17.0 Å². The Morgan fingerprint density at radius 2 is 2.05 bits per heavy atom. The molecule has 6 heteroatoms. The summed E-state index contributed by atoms with van der Waals surface area (Å²) >= 11 is 3.43. The molecule has 0 aliphatic rings. The third-order valence-electron chi connectivity index (χ3n) is 2.87. The first-order valence-electron chi connectivity index (χ1n) is 5.74. The number of aromatic nitrogens is 1. The van der Waals surface area contributed by atoms with Crippen molar-refractivity contribution >= 4 is 25.8 Å². The Kier molecular flexibility index (Phi) is 4.01. The molecule has 19 heavy (non-hydrogen) atoms. The maximum Gasteiger partial charge on any atom is 0.181 e. The van der Waals surface area contributed by atoms with E-state index in [2.05, 4.69) is 20.9 Å². The predicted octanol–water partition coefficient (Wildman–Crippen LogP) is 3.25. The van der Waals surface area contributed by atoms with E-state index in [9.17, 15) is 8.42 Å². The van der Waals surface area contributed by atoms with Crippen LogP contribution in [0.25, 0.3) is 11.3 Å². The quantitative estimate of drug-likeness (QED) is 0.926. The minimum atomic E-state index is -3.31. The maximum atomic E-state index is 12.0. The van der Waals surface area contributed by atoms with Crippen molar-refractivity contribution in [2.45, 2.75) is 11.8 Å². The largest absolute Gasteiger partial charge is 0.494 e. The predicted molar refractivity (Wildman–Crippen MR) is 78.2 cm³/mol. The van der Waals surface area contributed by atoms with Gasteiger partial charge in [0.1, 0.15) is 4.90 Å². The van der Waals surface area contributed by atoms with Crippen LogP contribution in [0.5, 0.6) is 5.75 Å². The number of halogens is 1. The van der Waals surface area contributed by atoms with Crippen LogP contribution in [-0.2, 0) is 9.84 Å². The van der Waals surface area contributed by atoms with Crippen molar-refractivity contribution in [2.75, 3.05) is 12.9 Å². The Bertz CT molecular complexity index is 678. The number of rotatable bonds is 4. The molecule has 1 heterocycles. The summed E-state index contributed by atoms with van der Waals surface area (Å²) in [5, 5.41) is 0. The number of sulfone groups is 1. The third-order valence-corrected chi connectivity index (χ3v) is 5.41. The van der Waals surface area contributed by atoms with Gasteiger partial charge in [-0.1, -0.05) is 13.0 Å². The Morgan fingerprint density at radius 1 is 1.32 bits per heavy atom. The fourth-order valence-electron chi connectivity index (χ4n) is 1.83. The topological polar surface area (TPSA) is 59.2 Å². The zero-order chi connectivity index (χ0) is 14.0. The molecule has 0 fully saturated rings. The Morgan fingerprint density at radius 3 is 2.58 bits per heavy atom. The standard InChI is InChI=1S/C13H14BrNO3S/c1-3-19(16,17)11-7-6-9(10-5-4-8-15-10)12(14)13(11)18-2/h4-8,15H,3H2,1-2H3. The smallest absolute Gasteiger partial charge is 0.181 e. The highest BCUT2D eigenvalue weighted by atomic mass is 79.9. The number of hydrogen-bond acceptors (Lipinski definition) is 3. The van der Waals surface area contributed by atoms with Crippen LogP contribution >= 0.6 is 15.9 Å². The number of methoxy groups -OCH3 is 1. The van der Waals surface area contributed by atoms with Crippen molar-refractivity contribution in [1.29, 1.82) is 0 Å². The van der Waals surface area contributed by atoms with Crippen molar-refractivity contribution in [3.05, 3.63) is 34.9 Å². The summed E-state index contributed by atoms with van der Waals surface area (Å²) in [6, 6.07) is 7.14. The van der Waals surface area contributed by atoms with Crippen molar-refractivity contribution in [2.24, 2.45) is 0 Å². The summed E-state index contributed by atoms with van der Waals surface area (Å²) in [5.41, 5.74) is 1.75. The zero-order valence-electron chi connectivity index (χ0n) is 10.6. The molecule has 0 bridgehead atoms. The Balaban J connectivity index is 2.67. The fraction of sp³-hybridized carbons (Fsp3) is 0.231. The van der Waals surface area contributed by atoms with Crippen LogP contribution in [0.15, 0.2) is 39.8 Å². The third kappa shape index (κ3) is 2.55. The molecule has 102 valence electrons. The monoisotopic (exact) mass is 343 g/mol.